The van der Waals surface area contributed by atoms with E-state index in [1.54, 1.807) is 0 Å². The summed E-state index contributed by atoms with van der Waals surface area (Å²) >= 11 is 0. The Kier molecular flexibility index (Phi) is 7.31. The molecule has 0 radical (unpaired) electrons. The van der Waals surface area contributed by atoms with Crippen molar-refractivity contribution in [3.8, 4) is 0 Å². The molecule has 182 valence electrons. The molecule has 3 heterocycles. The summed E-state index contributed by atoms with van der Waals surface area (Å²) in [7, 11) is 2.26. The van der Waals surface area contributed by atoms with Gasteiger partial charge in [0.2, 0.25) is 0 Å². The largest absolute Gasteiger partial charge is 0.327 e. The summed E-state index contributed by atoms with van der Waals surface area (Å²) in [5, 5.41) is 0. The van der Waals surface area contributed by atoms with Gasteiger partial charge < -0.3 is 9.47 Å². The minimum atomic E-state index is 0.374. The van der Waals surface area contributed by atoms with Crippen molar-refractivity contribution in [2.45, 2.75) is 71.5 Å². The van der Waals surface area contributed by atoms with E-state index in [9.17, 15) is 0 Å². The highest BCUT2D eigenvalue weighted by Crippen LogP contribution is 2.33. The van der Waals surface area contributed by atoms with Crippen LogP contribution in [0.4, 0.5) is 0 Å². The van der Waals surface area contributed by atoms with Crippen LogP contribution in [0.25, 0.3) is 11.0 Å². The van der Waals surface area contributed by atoms with Crippen LogP contribution >= 0.6 is 0 Å². The Bertz CT molecular complexity index is 1090. The smallest absolute Gasteiger partial charge is 0.124 e. The third-order valence-corrected chi connectivity index (χ3v) is 7.89. The van der Waals surface area contributed by atoms with Gasteiger partial charge in [-0.3, -0.25) is 9.88 Å². The standard InChI is InChI=1S/C29H41N5/c1-22(2)15-18-33-17-8-9-23(19-33)20-34-26-13-5-4-12-25(26)31-28(34)21-32(3)27-14-6-10-24-11-7-16-30-29(24)27/h4-5,7,11-13,16,22-23,27H,6,8-10,14-15,17-21H2,1-3H3/t23-,27-/m1/s1. The first-order chi connectivity index (χ1) is 16.6. The Morgan fingerprint density at radius 2 is 1.97 bits per heavy atom. The Morgan fingerprint density at radius 1 is 1.09 bits per heavy atom. The van der Waals surface area contributed by atoms with E-state index < -0.39 is 0 Å². The fourth-order valence-corrected chi connectivity index (χ4v) is 6.00. The second-order valence-electron chi connectivity index (χ2n) is 11.0. The molecule has 0 bridgehead atoms. The summed E-state index contributed by atoms with van der Waals surface area (Å²) in [6, 6.07) is 13.4. The first kappa shape index (κ1) is 23.5. The number of para-hydroxylation sites is 2. The van der Waals surface area contributed by atoms with Crippen molar-refractivity contribution in [2.24, 2.45) is 11.8 Å². The van der Waals surface area contributed by atoms with Gasteiger partial charge in [-0.25, -0.2) is 4.98 Å². The fraction of sp³-hybridized carbons (Fsp3) is 0.586. The summed E-state index contributed by atoms with van der Waals surface area (Å²) in [6.07, 6.45) is 9.45. The Balaban J connectivity index is 1.36. The molecule has 0 spiro atoms. The van der Waals surface area contributed by atoms with Crippen LogP contribution in [0.5, 0.6) is 0 Å². The molecule has 2 atom stereocenters. The molecule has 2 aliphatic rings. The quantitative estimate of drug-likeness (QED) is 0.433. The highest BCUT2D eigenvalue weighted by molar-refractivity contribution is 5.75. The lowest BCUT2D eigenvalue weighted by Crippen LogP contribution is -2.38. The highest BCUT2D eigenvalue weighted by Gasteiger charge is 2.27. The van der Waals surface area contributed by atoms with Crippen molar-refractivity contribution >= 4 is 11.0 Å². The Labute approximate surface area is 205 Å². The van der Waals surface area contributed by atoms with E-state index in [0.29, 0.717) is 12.0 Å². The number of rotatable bonds is 8. The van der Waals surface area contributed by atoms with Crippen LogP contribution in [-0.2, 0) is 19.5 Å². The number of benzene rings is 1. The predicted molar refractivity (Wildman–Crippen MR) is 140 cm³/mol. The maximum Gasteiger partial charge on any atom is 0.124 e. The van der Waals surface area contributed by atoms with E-state index in [1.807, 2.05) is 6.20 Å². The average molecular weight is 460 g/mol. The van der Waals surface area contributed by atoms with Crippen molar-refractivity contribution < 1.29 is 0 Å². The number of likely N-dealkylation sites (tertiary alicyclic amines) is 1. The number of imidazole rings is 1. The first-order valence-electron chi connectivity index (χ1n) is 13.4. The van der Waals surface area contributed by atoms with E-state index in [0.717, 1.165) is 30.9 Å². The lowest BCUT2D eigenvalue weighted by Gasteiger charge is -2.34. The molecule has 0 N–H and O–H groups in total. The minimum Gasteiger partial charge on any atom is -0.327 e. The van der Waals surface area contributed by atoms with Crippen LogP contribution in [0.2, 0.25) is 0 Å². The molecule has 0 unspecified atom stereocenters. The van der Waals surface area contributed by atoms with Crippen molar-refractivity contribution in [2.75, 3.05) is 26.7 Å². The number of aryl methyl sites for hydroxylation is 1. The van der Waals surface area contributed by atoms with Gasteiger partial charge in [-0.05, 0) is 94.3 Å². The summed E-state index contributed by atoms with van der Waals surface area (Å²) < 4.78 is 2.53. The van der Waals surface area contributed by atoms with Crippen LogP contribution < -0.4 is 0 Å². The molecular formula is C29H41N5. The maximum atomic E-state index is 5.13. The third kappa shape index (κ3) is 5.21. The molecule has 5 nitrogen and oxygen atoms in total. The minimum absolute atomic E-state index is 0.374. The SMILES string of the molecule is CC(C)CCN1CCC[C@@H](Cn2c(CN(C)[C@@H]3CCCc4cccnc43)nc3ccccc32)C1. The molecule has 1 aromatic carbocycles. The van der Waals surface area contributed by atoms with E-state index in [-0.39, 0.29) is 0 Å². The van der Waals surface area contributed by atoms with Gasteiger partial charge in [-0.1, -0.05) is 32.0 Å². The molecule has 5 heteroatoms. The zero-order valence-electron chi connectivity index (χ0n) is 21.3. The van der Waals surface area contributed by atoms with Crippen LogP contribution in [0.1, 0.15) is 69.1 Å². The highest BCUT2D eigenvalue weighted by atomic mass is 15.2. The van der Waals surface area contributed by atoms with Gasteiger partial charge in [0, 0.05) is 19.3 Å². The summed E-state index contributed by atoms with van der Waals surface area (Å²) in [4.78, 5) is 15.1. The topological polar surface area (TPSA) is 37.2 Å². The zero-order chi connectivity index (χ0) is 23.5. The zero-order valence-corrected chi connectivity index (χ0v) is 21.3. The molecule has 0 saturated carbocycles. The predicted octanol–water partition coefficient (Wildman–Crippen LogP) is 5.70. The van der Waals surface area contributed by atoms with Crippen LogP contribution in [0.15, 0.2) is 42.6 Å². The van der Waals surface area contributed by atoms with Crippen LogP contribution in [-0.4, -0.2) is 51.0 Å². The van der Waals surface area contributed by atoms with Gasteiger partial charge in [0.05, 0.1) is 29.3 Å². The molecule has 2 aromatic heterocycles. The molecule has 0 amide bonds. The van der Waals surface area contributed by atoms with Gasteiger partial charge in [-0.15, -0.1) is 0 Å². The van der Waals surface area contributed by atoms with Gasteiger partial charge in [0.1, 0.15) is 5.82 Å². The molecule has 1 fully saturated rings. The lowest BCUT2D eigenvalue weighted by atomic mass is 9.91. The van der Waals surface area contributed by atoms with E-state index in [1.165, 1.54) is 74.3 Å². The molecule has 1 saturated heterocycles. The molecule has 34 heavy (non-hydrogen) atoms. The van der Waals surface area contributed by atoms with E-state index >= 15 is 0 Å². The molecule has 1 aliphatic carbocycles. The molecule has 5 rings (SSSR count). The van der Waals surface area contributed by atoms with E-state index in [2.05, 4.69) is 71.7 Å². The summed E-state index contributed by atoms with van der Waals surface area (Å²) in [6.45, 7) is 10.3. The van der Waals surface area contributed by atoms with Crippen molar-refractivity contribution in [3.05, 3.63) is 59.7 Å². The second-order valence-corrected chi connectivity index (χ2v) is 11.0. The van der Waals surface area contributed by atoms with Crippen molar-refractivity contribution in [1.29, 1.82) is 0 Å². The first-order valence-corrected chi connectivity index (χ1v) is 13.4. The maximum absolute atomic E-state index is 5.13. The van der Waals surface area contributed by atoms with E-state index in [4.69, 9.17) is 9.97 Å². The van der Waals surface area contributed by atoms with Gasteiger partial charge in [0.25, 0.3) is 0 Å². The lowest BCUT2D eigenvalue weighted by molar-refractivity contribution is 0.154. The Morgan fingerprint density at radius 3 is 2.85 bits per heavy atom. The normalized spacial score (nSPS) is 21.4. The van der Waals surface area contributed by atoms with Crippen molar-refractivity contribution in [1.82, 2.24) is 24.3 Å². The number of aromatic nitrogens is 3. The number of hydrogen-bond donors (Lipinski definition) is 0. The fourth-order valence-electron chi connectivity index (χ4n) is 6.00. The van der Waals surface area contributed by atoms with Gasteiger partial charge >= 0.3 is 0 Å². The Hall–Kier alpha value is -2.24. The molecule has 1 aliphatic heterocycles. The second kappa shape index (κ2) is 10.6. The number of piperidine rings is 1. The third-order valence-electron chi connectivity index (χ3n) is 7.89. The average Bonchev–Trinajstić information content (AvgIpc) is 3.19. The summed E-state index contributed by atoms with van der Waals surface area (Å²) in [5.74, 6) is 2.67. The monoisotopic (exact) mass is 459 g/mol. The molecule has 3 aromatic rings. The summed E-state index contributed by atoms with van der Waals surface area (Å²) in [5.41, 5.74) is 5.10. The van der Waals surface area contributed by atoms with Gasteiger partial charge in [-0.2, -0.15) is 0 Å². The van der Waals surface area contributed by atoms with Gasteiger partial charge in [0.15, 0.2) is 0 Å². The number of pyridine rings is 1. The van der Waals surface area contributed by atoms with Crippen molar-refractivity contribution in [3.63, 3.8) is 0 Å². The van der Waals surface area contributed by atoms with Crippen LogP contribution in [0.3, 0.4) is 0 Å². The number of fused-ring (bicyclic) bond motifs is 2. The number of nitrogens with zero attached hydrogens (tertiary/aromatic N) is 5. The number of hydrogen-bond acceptors (Lipinski definition) is 4. The molecular weight excluding hydrogens is 418 g/mol. The van der Waals surface area contributed by atoms with Crippen LogP contribution in [0, 0.1) is 11.8 Å².